The van der Waals surface area contributed by atoms with Crippen LogP contribution in [0.25, 0.3) is 0 Å². The monoisotopic (exact) mass is 417 g/mol. The van der Waals surface area contributed by atoms with Gasteiger partial charge in [0.15, 0.2) is 0 Å². The predicted octanol–water partition coefficient (Wildman–Crippen LogP) is 5.02. The summed E-state index contributed by atoms with van der Waals surface area (Å²) in [6.07, 6.45) is 3.57. The summed E-state index contributed by atoms with van der Waals surface area (Å²) in [6, 6.07) is 14.8. The number of hydrogen-bond acceptors (Lipinski definition) is 3. The zero-order valence-corrected chi connectivity index (χ0v) is 16.4. The van der Waals surface area contributed by atoms with Crippen molar-refractivity contribution in [3.8, 4) is 0 Å². The van der Waals surface area contributed by atoms with E-state index < -0.39 is 0 Å². The number of anilines is 3. The Morgan fingerprint density at radius 2 is 1.69 bits per heavy atom. The first kappa shape index (κ1) is 20.0. The summed E-state index contributed by atoms with van der Waals surface area (Å²) in [5.41, 5.74) is 2.23. The van der Waals surface area contributed by atoms with Gasteiger partial charge in [0.25, 0.3) is 0 Å². The minimum absolute atomic E-state index is 0.0160. The van der Waals surface area contributed by atoms with E-state index in [0.29, 0.717) is 6.42 Å². The van der Waals surface area contributed by atoms with Crippen LogP contribution >= 0.6 is 15.9 Å². The van der Waals surface area contributed by atoms with Crippen LogP contribution in [0, 0.1) is 0 Å². The van der Waals surface area contributed by atoms with Crippen LogP contribution in [-0.2, 0) is 9.59 Å². The van der Waals surface area contributed by atoms with Crippen molar-refractivity contribution in [2.24, 2.45) is 0 Å². The molecule has 2 amide bonds. The van der Waals surface area contributed by atoms with E-state index in [4.69, 9.17) is 0 Å². The van der Waals surface area contributed by atoms with Gasteiger partial charge in [-0.2, -0.15) is 0 Å². The molecular weight excluding hydrogens is 394 g/mol. The molecule has 0 saturated heterocycles. The third kappa shape index (κ3) is 6.88. The van der Waals surface area contributed by atoms with Crippen LogP contribution in [0.2, 0.25) is 0 Å². The lowest BCUT2D eigenvalue weighted by molar-refractivity contribution is -0.116. The summed E-state index contributed by atoms with van der Waals surface area (Å²) in [7, 11) is 0. The SMILES string of the molecule is CCCCCC(=O)Nc1cccc(NCC(=O)Nc2ccccc2Br)c1. The first-order valence-corrected chi connectivity index (χ1v) is 9.56. The Morgan fingerprint density at radius 3 is 2.46 bits per heavy atom. The Kier molecular flexibility index (Phi) is 8.15. The van der Waals surface area contributed by atoms with Gasteiger partial charge in [-0.1, -0.05) is 38.0 Å². The van der Waals surface area contributed by atoms with Gasteiger partial charge in [-0.15, -0.1) is 0 Å². The van der Waals surface area contributed by atoms with Crippen molar-refractivity contribution < 1.29 is 9.59 Å². The number of carbonyl (C=O) groups is 2. The van der Waals surface area contributed by atoms with Crippen LogP contribution in [0.1, 0.15) is 32.6 Å². The van der Waals surface area contributed by atoms with E-state index in [1.807, 2.05) is 48.5 Å². The highest BCUT2D eigenvalue weighted by atomic mass is 79.9. The maximum Gasteiger partial charge on any atom is 0.243 e. The zero-order valence-electron chi connectivity index (χ0n) is 14.8. The summed E-state index contributed by atoms with van der Waals surface area (Å²) in [5.74, 6) is -0.131. The van der Waals surface area contributed by atoms with Gasteiger partial charge in [-0.25, -0.2) is 0 Å². The maximum atomic E-state index is 12.1. The van der Waals surface area contributed by atoms with Crippen LogP contribution < -0.4 is 16.0 Å². The van der Waals surface area contributed by atoms with Gasteiger partial charge in [-0.3, -0.25) is 9.59 Å². The number of hydrogen-bond donors (Lipinski definition) is 3. The first-order chi connectivity index (χ1) is 12.6. The highest BCUT2D eigenvalue weighted by Crippen LogP contribution is 2.21. The van der Waals surface area contributed by atoms with E-state index in [1.165, 1.54) is 0 Å². The lowest BCUT2D eigenvalue weighted by atomic mass is 10.2. The molecule has 3 N–H and O–H groups in total. The Labute approximate surface area is 162 Å². The Morgan fingerprint density at radius 1 is 0.923 bits per heavy atom. The van der Waals surface area contributed by atoms with Crippen molar-refractivity contribution in [2.75, 3.05) is 22.5 Å². The Hall–Kier alpha value is -2.34. The van der Waals surface area contributed by atoms with Gasteiger partial charge in [0.1, 0.15) is 0 Å². The third-order valence-electron chi connectivity index (χ3n) is 3.75. The lowest BCUT2D eigenvalue weighted by Gasteiger charge is -2.11. The molecule has 2 aromatic rings. The second-order valence-corrected chi connectivity index (χ2v) is 6.82. The summed E-state index contributed by atoms with van der Waals surface area (Å²) >= 11 is 3.40. The van der Waals surface area contributed by atoms with Crippen LogP contribution in [0.3, 0.4) is 0 Å². The molecule has 0 heterocycles. The molecule has 0 atom stereocenters. The van der Waals surface area contributed by atoms with Gasteiger partial charge in [-0.05, 0) is 52.7 Å². The van der Waals surface area contributed by atoms with Crippen molar-refractivity contribution >= 4 is 44.8 Å². The highest BCUT2D eigenvalue weighted by molar-refractivity contribution is 9.10. The standard InChI is InChI=1S/C20H24BrN3O2/c1-2-3-4-12-19(25)23-16-9-7-8-15(13-16)22-14-20(26)24-18-11-6-5-10-17(18)21/h5-11,13,22H,2-4,12,14H2,1H3,(H,23,25)(H,24,26). The van der Waals surface area contributed by atoms with Crippen LogP contribution in [0.4, 0.5) is 17.1 Å². The number of nitrogens with one attached hydrogen (secondary N) is 3. The molecule has 138 valence electrons. The van der Waals surface area contributed by atoms with E-state index in [-0.39, 0.29) is 18.4 Å². The van der Waals surface area contributed by atoms with Crippen LogP contribution in [-0.4, -0.2) is 18.4 Å². The number of carbonyl (C=O) groups excluding carboxylic acids is 2. The van der Waals surface area contributed by atoms with Gasteiger partial charge >= 0.3 is 0 Å². The molecule has 2 aromatic carbocycles. The summed E-state index contributed by atoms with van der Waals surface area (Å²) < 4.78 is 0.834. The quantitative estimate of drug-likeness (QED) is 0.501. The van der Waals surface area contributed by atoms with E-state index in [0.717, 1.165) is 40.8 Å². The molecule has 2 rings (SSSR count). The molecule has 0 radical (unpaired) electrons. The average Bonchev–Trinajstić information content (AvgIpc) is 2.62. The molecule has 0 aromatic heterocycles. The second kappa shape index (κ2) is 10.6. The van der Waals surface area contributed by atoms with Gasteiger partial charge in [0.2, 0.25) is 11.8 Å². The fourth-order valence-corrected chi connectivity index (χ4v) is 2.79. The van der Waals surface area contributed by atoms with E-state index >= 15 is 0 Å². The normalized spacial score (nSPS) is 10.2. The number of rotatable bonds is 9. The summed E-state index contributed by atoms with van der Waals surface area (Å²) in [6.45, 7) is 2.24. The van der Waals surface area contributed by atoms with Gasteiger partial charge in [0, 0.05) is 22.3 Å². The van der Waals surface area contributed by atoms with Gasteiger partial charge in [0.05, 0.1) is 12.2 Å². The molecule has 0 aliphatic carbocycles. The molecule has 0 saturated carbocycles. The molecule has 5 nitrogen and oxygen atoms in total. The average molecular weight is 418 g/mol. The number of unbranched alkanes of at least 4 members (excludes halogenated alkanes) is 2. The van der Waals surface area contributed by atoms with E-state index in [9.17, 15) is 9.59 Å². The molecule has 6 heteroatoms. The molecule has 0 unspecified atom stereocenters. The smallest absolute Gasteiger partial charge is 0.243 e. The second-order valence-electron chi connectivity index (χ2n) is 5.97. The number of para-hydroxylation sites is 1. The molecule has 0 spiro atoms. The molecule has 0 fully saturated rings. The largest absolute Gasteiger partial charge is 0.376 e. The van der Waals surface area contributed by atoms with Gasteiger partial charge < -0.3 is 16.0 Å². The minimum atomic E-state index is -0.147. The van der Waals surface area contributed by atoms with E-state index in [2.05, 4.69) is 38.8 Å². The van der Waals surface area contributed by atoms with Crippen molar-refractivity contribution in [1.82, 2.24) is 0 Å². The maximum absolute atomic E-state index is 12.1. The van der Waals surface area contributed by atoms with Crippen molar-refractivity contribution in [1.29, 1.82) is 0 Å². The zero-order chi connectivity index (χ0) is 18.8. The molecule has 0 aliphatic heterocycles. The van der Waals surface area contributed by atoms with Crippen LogP contribution in [0.5, 0.6) is 0 Å². The lowest BCUT2D eigenvalue weighted by Crippen LogP contribution is -2.22. The van der Waals surface area contributed by atoms with Crippen LogP contribution in [0.15, 0.2) is 53.0 Å². The molecule has 0 aliphatic rings. The fraction of sp³-hybridized carbons (Fsp3) is 0.300. The van der Waals surface area contributed by atoms with E-state index in [1.54, 1.807) is 0 Å². The van der Waals surface area contributed by atoms with Crippen molar-refractivity contribution in [3.05, 3.63) is 53.0 Å². The topological polar surface area (TPSA) is 70.2 Å². The number of benzene rings is 2. The Bertz CT molecular complexity index is 749. The fourth-order valence-electron chi connectivity index (χ4n) is 2.41. The molecule has 26 heavy (non-hydrogen) atoms. The highest BCUT2D eigenvalue weighted by Gasteiger charge is 2.06. The summed E-state index contributed by atoms with van der Waals surface area (Å²) in [4.78, 5) is 24.0. The first-order valence-electron chi connectivity index (χ1n) is 8.76. The number of halogens is 1. The predicted molar refractivity (Wildman–Crippen MR) is 110 cm³/mol. The molecular formula is C20H24BrN3O2. The molecule has 0 bridgehead atoms. The Balaban J connectivity index is 1.83. The summed E-state index contributed by atoms with van der Waals surface area (Å²) in [5, 5.41) is 8.80. The number of amides is 2. The third-order valence-corrected chi connectivity index (χ3v) is 4.45. The van der Waals surface area contributed by atoms with Crippen molar-refractivity contribution in [3.63, 3.8) is 0 Å². The van der Waals surface area contributed by atoms with Crippen molar-refractivity contribution in [2.45, 2.75) is 32.6 Å². The minimum Gasteiger partial charge on any atom is -0.376 e.